The van der Waals surface area contributed by atoms with E-state index in [0.717, 1.165) is 5.56 Å². The van der Waals surface area contributed by atoms with E-state index in [4.69, 9.17) is 17.3 Å². The van der Waals surface area contributed by atoms with E-state index in [1.54, 1.807) is 24.3 Å². The molecule has 0 aliphatic carbocycles. The van der Waals surface area contributed by atoms with Gasteiger partial charge in [-0.05, 0) is 24.1 Å². The quantitative estimate of drug-likeness (QED) is 0.757. The van der Waals surface area contributed by atoms with Crippen molar-refractivity contribution in [1.82, 2.24) is 0 Å². The first-order chi connectivity index (χ1) is 6.09. The zero-order valence-electron chi connectivity index (χ0n) is 6.84. The smallest absolute Gasteiger partial charge is 0.318 e. The van der Waals surface area contributed by atoms with Crippen LogP contribution >= 0.6 is 11.6 Å². The molecule has 0 aliphatic rings. The highest BCUT2D eigenvalue weighted by atomic mass is 35.5. The lowest BCUT2D eigenvalue weighted by atomic mass is 10.1. The summed E-state index contributed by atoms with van der Waals surface area (Å²) in [5.41, 5.74) is 6.02. The van der Waals surface area contributed by atoms with Crippen LogP contribution < -0.4 is 5.73 Å². The third-order valence-electron chi connectivity index (χ3n) is 1.66. The molecule has 0 radical (unpaired) electrons. The summed E-state index contributed by atoms with van der Waals surface area (Å²) in [6.07, 6.45) is 0.201. The molecule has 2 N–H and O–H groups in total. The van der Waals surface area contributed by atoms with E-state index in [9.17, 15) is 9.18 Å². The summed E-state index contributed by atoms with van der Waals surface area (Å²) in [6.45, 7) is 0. The standard InChI is InChI=1S/C9H9ClFNO/c10-7-3-1-6(2-4-7)5-8(12)9(11)13/h1-4,8H,5,12H2/t8-/m0/s1. The normalized spacial score (nSPS) is 12.5. The summed E-state index contributed by atoms with van der Waals surface area (Å²) in [5, 5.41) is 0.601. The zero-order chi connectivity index (χ0) is 9.84. The van der Waals surface area contributed by atoms with Gasteiger partial charge in [-0.15, -0.1) is 0 Å². The van der Waals surface area contributed by atoms with Gasteiger partial charge in [-0.2, -0.15) is 4.39 Å². The van der Waals surface area contributed by atoms with Crippen LogP contribution in [0.1, 0.15) is 5.56 Å². The lowest BCUT2D eigenvalue weighted by molar-refractivity contribution is -0.130. The first kappa shape index (κ1) is 10.2. The molecule has 0 saturated carbocycles. The number of hydrogen-bond acceptors (Lipinski definition) is 2. The summed E-state index contributed by atoms with van der Waals surface area (Å²) >= 11 is 5.64. The predicted molar refractivity (Wildman–Crippen MR) is 49.2 cm³/mol. The van der Waals surface area contributed by atoms with Gasteiger partial charge in [0.05, 0.1) is 0 Å². The predicted octanol–water partition coefficient (Wildman–Crippen LogP) is 1.71. The molecule has 1 rings (SSSR count). The Balaban J connectivity index is 2.64. The molecule has 2 nitrogen and oxygen atoms in total. The van der Waals surface area contributed by atoms with Crippen LogP contribution in [-0.4, -0.2) is 12.1 Å². The monoisotopic (exact) mass is 201 g/mol. The minimum absolute atomic E-state index is 0.201. The van der Waals surface area contributed by atoms with Crippen LogP contribution in [0.4, 0.5) is 4.39 Å². The molecule has 0 aliphatic heterocycles. The van der Waals surface area contributed by atoms with Crippen LogP contribution in [0.15, 0.2) is 24.3 Å². The Labute approximate surface area is 80.5 Å². The molecule has 0 fully saturated rings. The average Bonchev–Trinajstić information content (AvgIpc) is 2.08. The summed E-state index contributed by atoms with van der Waals surface area (Å²) in [7, 11) is 0. The molecule has 0 spiro atoms. The van der Waals surface area contributed by atoms with Crippen molar-refractivity contribution in [2.75, 3.05) is 0 Å². The fourth-order valence-electron chi connectivity index (χ4n) is 0.955. The highest BCUT2D eigenvalue weighted by molar-refractivity contribution is 6.30. The largest absolute Gasteiger partial charge is 0.319 e. The summed E-state index contributed by atoms with van der Waals surface area (Å²) in [4.78, 5) is 10.2. The number of nitrogens with two attached hydrogens (primary N) is 1. The number of hydrogen-bond donors (Lipinski definition) is 1. The second-order valence-corrected chi connectivity index (χ2v) is 3.18. The van der Waals surface area contributed by atoms with Gasteiger partial charge >= 0.3 is 6.04 Å². The van der Waals surface area contributed by atoms with E-state index in [2.05, 4.69) is 0 Å². The fourth-order valence-corrected chi connectivity index (χ4v) is 1.08. The van der Waals surface area contributed by atoms with Crippen molar-refractivity contribution in [3.63, 3.8) is 0 Å². The molecule has 0 bridgehead atoms. The Morgan fingerprint density at radius 1 is 1.46 bits per heavy atom. The van der Waals surface area contributed by atoms with Gasteiger partial charge < -0.3 is 5.73 Å². The highest BCUT2D eigenvalue weighted by Gasteiger charge is 2.12. The molecule has 13 heavy (non-hydrogen) atoms. The first-order valence-corrected chi connectivity index (χ1v) is 4.17. The van der Waals surface area contributed by atoms with Gasteiger partial charge in [0.25, 0.3) is 0 Å². The van der Waals surface area contributed by atoms with E-state index in [1.807, 2.05) is 0 Å². The van der Waals surface area contributed by atoms with E-state index in [-0.39, 0.29) is 6.42 Å². The van der Waals surface area contributed by atoms with Crippen molar-refractivity contribution in [3.05, 3.63) is 34.9 Å². The Kier molecular flexibility index (Phi) is 3.39. The molecule has 0 unspecified atom stereocenters. The van der Waals surface area contributed by atoms with Crippen LogP contribution in [0.2, 0.25) is 5.02 Å². The van der Waals surface area contributed by atoms with Crippen molar-refractivity contribution in [1.29, 1.82) is 0 Å². The van der Waals surface area contributed by atoms with E-state index in [1.165, 1.54) is 0 Å². The van der Waals surface area contributed by atoms with Gasteiger partial charge in [0, 0.05) is 5.02 Å². The van der Waals surface area contributed by atoms with E-state index in [0.29, 0.717) is 5.02 Å². The van der Waals surface area contributed by atoms with Gasteiger partial charge in [0.15, 0.2) is 0 Å². The van der Waals surface area contributed by atoms with Gasteiger partial charge in [0.2, 0.25) is 0 Å². The first-order valence-electron chi connectivity index (χ1n) is 3.79. The topological polar surface area (TPSA) is 43.1 Å². The molecular weight excluding hydrogens is 193 g/mol. The maximum absolute atomic E-state index is 12.1. The summed E-state index contributed by atoms with van der Waals surface area (Å²) < 4.78 is 12.1. The minimum atomic E-state index is -1.49. The third-order valence-corrected chi connectivity index (χ3v) is 1.91. The molecule has 4 heteroatoms. The Bertz CT molecular complexity index is 299. The van der Waals surface area contributed by atoms with Crippen molar-refractivity contribution >= 4 is 17.6 Å². The maximum atomic E-state index is 12.1. The van der Waals surface area contributed by atoms with Crippen LogP contribution in [0.3, 0.4) is 0 Å². The summed E-state index contributed by atoms with van der Waals surface area (Å²) in [6, 6.07) is 4.21. The third kappa shape index (κ3) is 3.13. The zero-order valence-corrected chi connectivity index (χ0v) is 7.59. The molecule has 1 atom stereocenters. The molecule has 0 aromatic heterocycles. The van der Waals surface area contributed by atoms with Gasteiger partial charge in [-0.25, -0.2) is 0 Å². The molecule has 0 saturated heterocycles. The minimum Gasteiger partial charge on any atom is -0.319 e. The van der Waals surface area contributed by atoms with Crippen molar-refractivity contribution in [3.8, 4) is 0 Å². The number of benzene rings is 1. The Hall–Kier alpha value is -0.930. The van der Waals surface area contributed by atoms with Crippen molar-refractivity contribution < 1.29 is 9.18 Å². The SMILES string of the molecule is N[C@@H](Cc1ccc(Cl)cc1)C(=O)F. The fraction of sp³-hybridized carbons (Fsp3) is 0.222. The molecule has 0 amide bonds. The van der Waals surface area contributed by atoms with Crippen molar-refractivity contribution in [2.24, 2.45) is 5.73 Å². The summed E-state index contributed by atoms with van der Waals surface area (Å²) in [5.74, 6) is 0. The highest BCUT2D eigenvalue weighted by Crippen LogP contribution is 2.10. The maximum Gasteiger partial charge on any atom is 0.318 e. The number of rotatable bonds is 3. The van der Waals surface area contributed by atoms with Gasteiger partial charge in [-0.3, -0.25) is 4.79 Å². The second kappa shape index (κ2) is 4.35. The van der Waals surface area contributed by atoms with Crippen LogP contribution in [0.5, 0.6) is 0 Å². The molecular formula is C9H9ClFNO. The van der Waals surface area contributed by atoms with Crippen LogP contribution in [0, 0.1) is 0 Å². The Morgan fingerprint density at radius 3 is 2.46 bits per heavy atom. The van der Waals surface area contributed by atoms with Crippen LogP contribution in [0.25, 0.3) is 0 Å². The lowest BCUT2D eigenvalue weighted by Crippen LogP contribution is -2.29. The van der Waals surface area contributed by atoms with E-state index < -0.39 is 12.1 Å². The molecule has 70 valence electrons. The van der Waals surface area contributed by atoms with Crippen LogP contribution in [-0.2, 0) is 11.2 Å². The van der Waals surface area contributed by atoms with Gasteiger partial charge in [-0.1, -0.05) is 23.7 Å². The number of carbonyl (C=O) groups is 1. The van der Waals surface area contributed by atoms with E-state index >= 15 is 0 Å². The molecule has 0 heterocycles. The molecule has 1 aromatic carbocycles. The average molecular weight is 202 g/mol. The molecule has 1 aromatic rings. The van der Waals surface area contributed by atoms with Crippen molar-refractivity contribution in [2.45, 2.75) is 12.5 Å². The number of carbonyl (C=O) groups excluding carboxylic acids is 1. The number of halogens is 2. The Morgan fingerprint density at radius 2 is 2.00 bits per heavy atom. The second-order valence-electron chi connectivity index (χ2n) is 2.74. The lowest BCUT2D eigenvalue weighted by Gasteiger charge is -2.04. The van der Waals surface area contributed by atoms with Gasteiger partial charge in [0.1, 0.15) is 6.04 Å².